The Morgan fingerprint density at radius 3 is 2.76 bits per heavy atom. The summed E-state index contributed by atoms with van der Waals surface area (Å²) in [5.41, 5.74) is 2.79. The van der Waals surface area contributed by atoms with Crippen molar-refractivity contribution >= 4 is 12.1 Å². The maximum Gasteiger partial charge on any atom is 0.276 e. The summed E-state index contributed by atoms with van der Waals surface area (Å²) in [5, 5.41) is 3.90. The molecule has 7 heteroatoms. The van der Waals surface area contributed by atoms with Gasteiger partial charge in [-0.15, -0.1) is 0 Å². The van der Waals surface area contributed by atoms with Crippen molar-refractivity contribution in [2.45, 2.75) is 20.4 Å². The van der Waals surface area contributed by atoms with Crippen LogP contribution in [0.1, 0.15) is 29.8 Å². The third kappa shape index (κ3) is 4.47. The van der Waals surface area contributed by atoms with Gasteiger partial charge in [-0.3, -0.25) is 9.59 Å². The number of nitrogens with zero attached hydrogens (tertiary/aromatic N) is 2. The predicted molar refractivity (Wildman–Crippen MR) is 95.6 cm³/mol. The molecule has 1 aromatic carbocycles. The van der Waals surface area contributed by atoms with Gasteiger partial charge in [-0.2, -0.15) is 5.10 Å². The largest absolute Gasteiger partial charge is 0.493 e. The Bertz CT molecular complexity index is 827. The van der Waals surface area contributed by atoms with Gasteiger partial charge in [-0.25, -0.2) is 5.43 Å². The van der Waals surface area contributed by atoms with Crippen LogP contribution in [0.4, 0.5) is 0 Å². The van der Waals surface area contributed by atoms with Gasteiger partial charge in [0.15, 0.2) is 11.5 Å². The lowest BCUT2D eigenvalue weighted by Crippen LogP contribution is -2.30. The zero-order valence-corrected chi connectivity index (χ0v) is 14.5. The van der Waals surface area contributed by atoms with Crippen molar-refractivity contribution in [3.8, 4) is 11.5 Å². The van der Waals surface area contributed by atoms with Crippen molar-refractivity contribution in [1.29, 1.82) is 0 Å². The number of pyridine rings is 1. The lowest BCUT2D eigenvalue weighted by molar-refractivity contribution is 0.0953. The molecule has 7 nitrogen and oxygen atoms in total. The van der Waals surface area contributed by atoms with Crippen LogP contribution in [0, 0.1) is 0 Å². The highest BCUT2D eigenvalue weighted by atomic mass is 16.5. The number of nitrogens with one attached hydrogen (secondary N) is 1. The molecular formula is C18H21N3O4. The SMILES string of the molecule is CCOc1cc(/C=N\NC(=O)c2cccn(CC)c2=O)ccc1OC. The van der Waals surface area contributed by atoms with Gasteiger partial charge in [-0.05, 0) is 49.7 Å². The van der Waals surface area contributed by atoms with Crippen LogP contribution in [0.2, 0.25) is 0 Å². The Labute approximate surface area is 145 Å². The van der Waals surface area contributed by atoms with E-state index in [2.05, 4.69) is 10.5 Å². The molecule has 0 unspecified atom stereocenters. The number of hydrogen-bond acceptors (Lipinski definition) is 5. The first kappa shape index (κ1) is 18.3. The topological polar surface area (TPSA) is 81.9 Å². The quantitative estimate of drug-likeness (QED) is 0.616. The van der Waals surface area contributed by atoms with Crippen molar-refractivity contribution in [2.75, 3.05) is 13.7 Å². The number of hydrogen-bond donors (Lipinski definition) is 1. The van der Waals surface area contributed by atoms with Crippen molar-refractivity contribution < 1.29 is 14.3 Å². The molecule has 1 N–H and O–H groups in total. The van der Waals surface area contributed by atoms with Gasteiger partial charge < -0.3 is 14.0 Å². The van der Waals surface area contributed by atoms with Gasteiger partial charge in [-0.1, -0.05) is 0 Å². The minimum absolute atomic E-state index is 0.0474. The molecular weight excluding hydrogens is 322 g/mol. The first-order valence-corrected chi connectivity index (χ1v) is 7.94. The molecule has 0 radical (unpaired) electrons. The second-order valence-corrected chi connectivity index (χ2v) is 5.06. The van der Waals surface area contributed by atoms with E-state index in [1.165, 1.54) is 16.8 Å². The number of methoxy groups -OCH3 is 1. The summed E-state index contributed by atoms with van der Waals surface area (Å²) in [7, 11) is 1.56. The number of rotatable bonds is 7. The first-order valence-electron chi connectivity index (χ1n) is 7.94. The van der Waals surface area contributed by atoms with Crippen LogP contribution in [0.25, 0.3) is 0 Å². The van der Waals surface area contributed by atoms with Crippen molar-refractivity contribution in [2.24, 2.45) is 5.10 Å². The van der Waals surface area contributed by atoms with Crippen LogP contribution >= 0.6 is 0 Å². The summed E-state index contributed by atoms with van der Waals surface area (Å²) in [6, 6.07) is 8.42. The number of benzene rings is 1. The summed E-state index contributed by atoms with van der Waals surface area (Å²) in [4.78, 5) is 24.2. The van der Waals surface area contributed by atoms with E-state index >= 15 is 0 Å². The standard InChI is InChI=1S/C18H21N3O4/c1-4-21-10-6-7-14(18(21)23)17(22)20-19-12-13-8-9-15(24-3)16(11-13)25-5-2/h6-12H,4-5H2,1-3H3,(H,20,22)/b19-12-. The number of carbonyl (C=O) groups excluding carboxylic acids is 1. The third-order valence-corrected chi connectivity index (χ3v) is 3.47. The summed E-state index contributed by atoms with van der Waals surface area (Å²) < 4.78 is 12.2. The fraction of sp³-hybridized carbons (Fsp3) is 0.278. The highest BCUT2D eigenvalue weighted by Gasteiger charge is 2.10. The van der Waals surface area contributed by atoms with E-state index in [0.717, 1.165) is 5.56 Å². The molecule has 1 heterocycles. The highest BCUT2D eigenvalue weighted by molar-refractivity contribution is 5.94. The summed E-state index contributed by atoms with van der Waals surface area (Å²) in [6.07, 6.45) is 3.11. The Morgan fingerprint density at radius 1 is 1.28 bits per heavy atom. The number of ether oxygens (including phenoxy) is 2. The van der Waals surface area contributed by atoms with Crippen molar-refractivity contribution in [1.82, 2.24) is 9.99 Å². The lowest BCUT2D eigenvalue weighted by Gasteiger charge is -2.09. The van der Waals surface area contributed by atoms with Crippen molar-refractivity contribution in [3.05, 3.63) is 58.0 Å². The molecule has 1 amide bonds. The monoisotopic (exact) mass is 343 g/mol. The first-order chi connectivity index (χ1) is 12.1. The van der Waals surface area contributed by atoms with E-state index in [1.54, 1.807) is 37.6 Å². The Morgan fingerprint density at radius 2 is 2.08 bits per heavy atom. The average Bonchev–Trinajstić information content (AvgIpc) is 2.62. The molecule has 0 saturated carbocycles. The van der Waals surface area contributed by atoms with Gasteiger partial charge in [0.25, 0.3) is 11.5 Å². The summed E-state index contributed by atoms with van der Waals surface area (Å²) in [5.74, 6) is 0.657. The van der Waals surface area contributed by atoms with E-state index in [0.29, 0.717) is 24.7 Å². The molecule has 0 aliphatic heterocycles. The highest BCUT2D eigenvalue weighted by Crippen LogP contribution is 2.27. The minimum atomic E-state index is -0.553. The molecule has 0 bridgehead atoms. The zero-order chi connectivity index (χ0) is 18.2. The van der Waals surface area contributed by atoms with E-state index < -0.39 is 5.91 Å². The molecule has 0 fully saturated rings. The van der Waals surface area contributed by atoms with E-state index in [-0.39, 0.29) is 11.1 Å². The van der Waals surface area contributed by atoms with Crippen LogP contribution in [0.5, 0.6) is 11.5 Å². The molecule has 0 aliphatic carbocycles. The Balaban J connectivity index is 2.12. The minimum Gasteiger partial charge on any atom is -0.493 e. The van der Waals surface area contributed by atoms with E-state index in [9.17, 15) is 9.59 Å². The lowest BCUT2D eigenvalue weighted by atomic mass is 10.2. The van der Waals surface area contributed by atoms with Crippen LogP contribution in [0.15, 0.2) is 46.4 Å². The smallest absolute Gasteiger partial charge is 0.276 e. The Kier molecular flexibility index (Phi) is 6.33. The molecule has 0 saturated heterocycles. The fourth-order valence-corrected chi connectivity index (χ4v) is 2.23. The second kappa shape index (κ2) is 8.68. The predicted octanol–water partition coefficient (Wildman–Crippen LogP) is 2.04. The zero-order valence-electron chi connectivity index (χ0n) is 14.5. The second-order valence-electron chi connectivity index (χ2n) is 5.06. The molecule has 2 rings (SSSR count). The molecule has 0 aliphatic rings. The van der Waals surface area contributed by atoms with Gasteiger partial charge in [0.2, 0.25) is 0 Å². The summed E-state index contributed by atoms with van der Waals surface area (Å²) >= 11 is 0. The van der Waals surface area contributed by atoms with Crippen LogP contribution in [0.3, 0.4) is 0 Å². The fourth-order valence-electron chi connectivity index (χ4n) is 2.23. The van der Waals surface area contributed by atoms with Crippen LogP contribution < -0.4 is 20.5 Å². The Hall–Kier alpha value is -3.09. The maximum absolute atomic E-state index is 12.1. The van der Waals surface area contributed by atoms with Gasteiger partial charge in [0.05, 0.1) is 19.9 Å². The van der Waals surface area contributed by atoms with E-state index in [1.807, 2.05) is 13.8 Å². The number of aromatic nitrogens is 1. The van der Waals surface area contributed by atoms with Crippen LogP contribution in [-0.2, 0) is 6.54 Å². The molecule has 1 aromatic heterocycles. The number of amides is 1. The molecule has 132 valence electrons. The normalized spacial score (nSPS) is 10.7. The molecule has 0 spiro atoms. The molecule has 2 aromatic rings. The number of carbonyl (C=O) groups is 1. The molecule has 0 atom stereocenters. The third-order valence-electron chi connectivity index (χ3n) is 3.47. The maximum atomic E-state index is 12.1. The average molecular weight is 343 g/mol. The van der Waals surface area contributed by atoms with Gasteiger partial charge in [0, 0.05) is 12.7 Å². The van der Waals surface area contributed by atoms with Crippen molar-refractivity contribution in [3.63, 3.8) is 0 Å². The van der Waals surface area contributed by atoms with Crippen LogP contribution in [-0.4, -0.2) is 30.4 Å². The van der Waals surface area contributed by atoms with Gasteiger partial charge >= 0.3 is 0 Å². The molecule has 25 heavy (non-hydrogen) atoms. The van der Waals surface area contributed by atoms with Gasteiger partial charge in [0.1, 0.15) is 5.56 Å². The number of hydrazone groups is 1. The van der Waals surface area contributed by atoms with E-state index in [4.69, 9.17) is 9.47 Å². The summed E-state index contributed by atoms with van der Waals surface area (Å²) in [6.45, 7) is 4.71. The number of aryl methyl sites for hydroxylation is 1.